The Morgan fingerprint density at radius 3 is 2.35 bits per heavy atom. The van der Waals surface area contributed by atoms with Crippen LogP contribution in [-0.2, 0) is 0 Å². The highest BCUT2D eigenvalue weighted by Gasteiger charge is 2.24. The molecule has 6 nitrogen and oxygen atoms in total. The Bertz CT molecular complexity index is 654. The van der Waals surface area contributed by atoms with E-state index in [0.29, 0.717) is 11.4 Å². The molecular weight excluding hydrogens is 258 g/mol. The van der Waals surface area contributed by atoms with Gasteiger partial charge in [-0.3, -0.25) is 14.9 Å². The largest absolute Gasteiger partial charge is 0.363 e. The molecular formula is C14H13N3O3. The van der Waals surface area contributed by atoms with Crippen LogP contribution < -0.4 is 4.90 Å². The molecule has 0 atom stereocenters. The molecule has 0 amide bonds. The summed E-state index contributed by atoms with van der Waals surface area (Å²) in [6.07, 6.45) is 0. The minimum atomic E-state index is -0.595. The average Bonchev–Trinajstić information content (AvgIpc) is 2.46. The van der Waals surface area contributed by atoms with Gasteiger partial charge in [-0.05, 0) is 6.07 Å². The van der Waals surface area contributed by atoms with Gasteiger partial charge in [0.05, 0.1) is 4.92 Å². The number of pyridine rings is 1. The fourth-order valence-electron chi connectivity index (χ4n) is 1.73. The molecule has 0 unspecified atom stereocenters. The van der Waals surface area contributed by atoms with Gasteiger partial charge in [-0.1, -0.05) is 30.3 Å². The molecule has 6 heteroatoms. The molecule has 0 aliphatic heterocycles. The van der Waals surface area contributed by atoms with Crippen LogP contribution in [0.4, 0.5) is 11.5 Å². The van der Waals surface area contributed by atoms with E-state index in [-0.39, 0.29) is 11.4 Å². The zero-order valence-corrected chi connectivity index (χ0v) is 11.1. The summed E-state index contributed by atoms with van der Waals surface area (Å²) in [7, 11) is 3.51. The van der Waals surface area contributed by atoms with Crippen LogP contribution in [0.2, 0.25) is 0 Å². The fourth-order valence-corrected chi connectivity index (χ4v) is 1.73. The maximum Gasteiger partial charge on any atom is 0.299 e. The van der Waals surface area contributed by atoms with Crippen molar-refractivity contribution in [2.24, 2.45) is 0 Å². The number of hydrogen-bond donors (Lipinski definition) is 0. The van der Waals surface area contributed by atoms with E-state index in [4.69, 9.17) is 0 Å². The number of ketones is 1. The number of aromatic nitrogens is 1. The Labute approximate surface area is 115 Å². The molecule has 0 aliphatic carbocycles. The van der Waals surface area contributed by atoms with E-state index in [1.807, 2.05) is 0 Å². The average molecular weight is 271 g/mol. The standard InChI is InChI=1S/C14H13N3O3/c1-16(2)12-9-8-11(17(19)20)13(15-12)14(18)10-6-4-3-5-7-10/h3-9H,1-2H3. The molecule has 20 heavy (non-hydrogen) atoms. The van der Waals surface area contributed by atoms with Crippen molar-refractivity contribution >= 4 is 17.3 Å². The van der Waals surface area contributed by atoms with Crippen LogP contribution in [0.1, 0.15) is 16.1 Å². The summed E-state index contributed by atoms with van der Waals surface area (Å²) in [5.74, 6) is 0.0379. The number of nitrogens with zero attached hydrogens (tertiary/aromatic N) is 3. The maximum absolute atomic E-state index is 12.4. The molecule has 0 saturated carbocycles. The summed E-state index contributed by atoms with van der Waals surface area (Å²) in [5, 5.41) is 11.0. The van der Waals surface area contributed by atoms with E-state index in [9.17, 15) is 14.9 Å². The second-order valence-electron chi connectivity index (χ2n) is 4.38. The zero-order valence-electron chi connectivity index (χ0n) is 11.1. The number of benzene rings is 1. The van der Waals surface area contributed by atoms with Crippen LogP contribution in [0.3, 0.4) is 0 Å². The predicted octanol–water partition coefficient (Wildman–Crippen LogP) is 2.29. The summed E-state index contributed by atoms with van der Waals surface area (Å²) in [6, 6.07) is 11.2. The van der Waals surface area contributed by atoms with Gasteiger partial charge >= 0.3 is 0 Å². The predicted molar refractivity (Wildman–Crippen MR) is 75.1 cm³/mol. The first-order chi connectivity index (χ1) is 9.50. The van der Waals surface area contributed by atoms with E-state index in [2.05, 4.69) is 4.98 Å². The second kappa shape index (κ2) is 5.48. The summed E-state index contributed by atoms with van der Waals surface area (Å²) in [4.78, 5) is 28.6. The van der Waals surface area contributed by atoms with Gasteiger partial charge < -0.3 is 4.90 Å². The molecule has 1 heterocycles. The van der Waals surface area contributed by atoms with Gasteiger partial charge in [-0.25, -0.2) is 4.98 Å². The van der Waals surface area contributed by atoms with Gasteiger partial charge in [-0.2, -0.15) is 0 Å². The number of carbonyl (C=O) groups is 1. The number of anilines is 1. The lowest BCUT2D eigenvalue weighted by Gasteiger charge is -2.12. The van der Waals surface area contributed by atoms with E-state index in [1.54, 1.807) is 49.3 Å². The van der Waals surface area contributed by atoms with Gasteiger partial charge in [0.1, 0.15) is 5.82 Å². The van der Waals surface area contributed by atoms with Gasteiger partial charge in [0.2, 0.25) is 5.78 Å². The molecule has 1 aromatic carbocycles. The topological polar surface area (TPSA) is 76.3 Å². The SMILES string of the molecule is CN(C)c1ccc([N+](=O)[O-])c(C(=O)c2ccccc2)n1. The minimum absolute atomic E-state index is 0.146. The molecule has 2 aromatic rings. The summed E-state index contributed by atoms with van der Waals surface area (Å²) in [5.41, 5.74) is -0.0594. The Balaban J connectivity index is 2.56. The lowest BCUT2D eigenvalue weighted by atomic mass is 10.1. The van der Waals surface area contributed by atoms with Crippen molar-refractivity contribution in [1.82, 2.24) is 4.98 Å². The van der Waals surface area contributed by atoms with Crippen molar-refractivity contribution in [2.45, 2.75) is 0 Å². The third-order valence-electron chi connectivity index (χ3n) is 2.77. The molecule has 0 radical (unpaired) electrons. The van der Waals surface area contributed by atoms with Crippen molar-refractivity contribution in [3.05, 3.63) is 63.8 Å². The van der Waals surface area contributed by atoms with Crippen LogP contribution in [0, 0.1) is 10.1 Å². The lowest BCUT2D eigenvalue weighted by Crippen LogP contribution is -2.15. The molecule has 0 aliphatic rings. The van der Waals surface area contributed by atoms with Crippen LogP contribution in [-0.4, -0.2) is 29.8 Å². The second-order valence-corrected chi connectivity index (χ2v) is 4.38. The van der Waals surface area contributed by atoms with Crippen molar-refractivity contribution in [3.63, 3.8) is 0 Å². The Morgan fingerprint density at radius 1 is 1.15 bits per heavy atom. The Hall–Kier alpha value is -2.76. The van der Waals surface area contributed by atoms with E-state index in [1.165, 1.54) is 12.1 Å². The monoisotopic (exact) mass is 271 g/mol. The first-order valence-corrected chi connectivity index (χ1v) is 5.93. The summed E-state index contributed by atoms with van der Waals surface area (Å²) < 4.78 is 0. The highest BCUT2D eigenvalue weighted by molar-refractivity contribution is 6.10. The van der Waals surface area contributed by atoms with Crippen molar-refractivity contribution in [3.8, 4) is 0 Å². The van der Waals surface area contributed by atoms with Gasteiger partial charge in [0.25, 0.3) is 5.69 Å². The normalized spacial score (nSPS) is 10.1. The maximum atomic E-state index is 12.4. The third-order valence-corrected chi connectivity index (χ3v) is 2.77. The van der Waals surface area contributed by atoms with Crippen LogP contribution in [0.15, 0.2) is 42.5 Å². The van der Waals surface area contributed by atoms with Gasteiger partial charge in [0.15, 0.2) is 5.69 Å². The fraction of sp³-hybridized carbons (Fsp3) is 0.143. The highest BCUT2D eigenvalue weighted by Crippen LogP contribution is 2.23. The lowest BCUT2D eigenvalue weighted by molar-refractivity contribution is -0.385. The van der Waals surface area contributed by atoms with Crippen molar-refractivity contribution in [2.75, 3.05) is 19.0 Å². The molecule has 0 fully saturated rings. The first kappa shape index (κ1) is 13.7. The molecule has 0 bridgehead atoms. The zero-order chi connectivity index (χ0) is 14.7. The number of hydrogen-bond acceptors (Lipinski definition) is 5. The Kier molecular flexibility index (Phi) is 3.74. The quantitative estimate of drug-likeness (QED) is 0.484. The van der Waals surface area contributed by atoms with Crippen LogP contribution >= 0.6 is 0 Å². The Morgan fingerprint density at radius 2 is 1.80 bits per heavy atom. The summed E-state index contributed by atoms with van der Waals surface area (Å²) >= 11 is 0. The molecule has 2 rings (SSSR count). The van der Waals surface area contributed by atoms with Crippen LogP contribution in [0.5, 0.6) is 0 Å². The van der Waals surface area contributed by atoms with Gasteiger partial charge in [-0.15, -0.1) is 0 Å². The van der Waals surface area contributed by atoms with Crippen molar-refractivity contribution < 1.29 is 9.72 Å². The molecule has 0 spiro atoms. The molecule has 0 N–H and O–H groups in total. The van der Waals surface area contributed by atoms with E-state index >= 15 is 0 Å². The third kappa shape index (κ3) is 2.64. The van der Waals surface area contributed by atoms with E-state index in [0.717, 1.165) is 0 Å². The van der Waals surface area contributed by atoms with Crippen LogP contribution in [0.25, 0.3) is 0 Å². The van der Waals surface area contributed by atoms with Crippen molar-refractivity contribution in [1.29, 1.82) is 0 Å². The van der Waals surface area contributed by atoms with E-state index < -0.39 is 10.7 Å². The molecule has 1 aromatic heterocycles. The first-order valence-electron chi connectivity index (χ1n) is 5.93. The minimum Gasteiger partial charge on any atom is -0.363 e. The summed E-state index contributed by atoms with van der Waals surface area (Å²) in [6.45, 7) is 0. The van der Waals surface area contributed by atoms with Gasteiger partial charge in [0, 0.05) is 25.7 Å². The smallest absolute Gasteiger partial charge is 0.299 e. The molecule has 102 valence electrons. The number of rotatable bonds is 4. The number of nitro groups is 1. The number of carbonyl (C=O) groups excluding carboxylic acids is 1. The highest BCUT2D eigenvalue weighted by atomic mass is 16.6. The molecule has 0 saturated heterocycles.